The Kier molecular flexibility index (Phi) is 3.07. The van der Waals surface area contributed by atoms with E-state index in [0.717, 1.165) is 28.1 Å². The van der Waals surface area contributed by atoms with Crippen molar-refractivity contribution < 1.29 is 4.79 Å². The number of benzene rings is 1. The standard InChI is InChI=1S/C15H12BrN5O/c16-11-3-1-10(2-4-11)12-9-13(19-18-12)15(22)20-7-8-21-14(20)5-6-17-21/h1-6,9H,7-8H2,(H,18,19). The number of halogens is 1. The third-order valence-electron chi connectivity index (χ3n) is 3.70. The molecule has 22 heavy (non-hydrogen) atoms. The average molecular weight is 358 g/mol. The van der Waals surface area contributed by atoms with E-state index >= 15 is 0 Å². The lowest BCUT2D eigenvalue weighted by atomic mass is 10.1. The predicted molar refractivity (Wildman–Crippen MR) is 85.6 cm³/mol. The van der Waals surface area contributed by atoms with Crippen LogP contribution in [-0.4, -0.2) is 32.4 Å². The summed E-state index contributed by atoms with van der Waals surface area (Å²) in [7, 11) is 0. The van der Waals surface area contributed by atoms with E-state index in [-0.39, 0.29) is 5.91 Å². The number of fused-ring (bicyclic) bond motifs is 1. The molecule has 6 nitrogen and oxygen atoms in total. The van der Waals surface area contributed by atoms with Gasteiger partial charge in [-0.2, -0.15) is 10.2 Å². The zero-order valence-corrected chi connectivity index (χ0v) is 13.1. The van der Waals surface area contributed by atoms with Crippen LogP contribution >= 0.6 is 15.9 Å². The van der Waals surface area contributed by atoms with Gasteiger partial charge < -0.3 is 0 Å². The highest BCUT2D eigenvalue weighted by Gasteiger charge is 2.27. The van der Waals surface area contributed by atoms with Crippen LogP contribution in [0.15, 0.2) is 47.1 Å². The first kappa shape index (κ1) is 13.3. The molecule has 1 aliphatic heterocycles. The first-order valence-electron chi connectivity index (χ1n) is 6.87. The van der Waals surface area contributed by atoms with E-state index in [2.05, 4.69) is 31.2 Å². The Balaban J connectivity index is 1.62. The van der Waals surface area contributed by atoms with Gasteiger partial charge in [-0.05, 0) is 18.2 Å². The number of amides is 1. The molecule has 110 valence electrons. The van der Waals surface area contributed by atoms with Gasteiger partial charge in [0.15, 0.2) is 0 Å². The van der Waals surface area contributed by atoms with Crippen LogP contribution in [0.3, 0.4) is 0 Å². The second-order valence-electron chi connectivity index (χ2n) is 5.04. The first-order chi connectivity index (χ1) is 10.7. The molecule has 2 aromatic heterocycles. The molecule has 0 unspecified atom stereocenters. The van der Waals surface area contributed by atoms with Crippen LogP contribution in [0.5, 0.6) is 0 Å². The minimum atomic E-state index is -0.0879. The zero-order valence-electron chi connectivity index (χ0n) is 11.5. The van der Waals surface area contributed by atoms with Crippen molar-refractivity contribution in [2.24, 2.45) is 0 Å². The van der Waals surface area contributed by atoms with Crippen LogP contribution in [-0.2, 0) is 6.54 Å². The third kappa shape index (κ3) is 2.14. The molecule has 3 aromatic rings. The molecule has 3 heterocycles. The van der Waals surface area contributed by atoms with Crippen molar-refractivity contribution in [3.63, 3.8) is 0 Å². The van der Waals surface area contributed by atoms with E-state index in [4.69, 9.17) is 0 Å². The summed E-state index contributed by atoms with van der Waals surface area (Å²) in [5.41, 5.74) is 2.20. The maximum atomic E-state index is 12.6. The lowest BCUT2D eigenvalue weighted by molar-refractivity contribution is 0.0984. The smallest absolute Gasteiger partial charge is 0.277 e. The summed E-state index contributed by atoms with van der Waals surface area (Å²) in [5.74, 6) is 0.736. The van der Waals surface area contributed by atoms with Gasteiger partial charge in [0, 0.05) is 22.6 Å². The topological polar surface area (TPSA) is 66.8 Å². The first-order valence-corrected chi connectivity index (χ1v) is 7.67. The molecule has 4 rings (SSSR count). The molecule has 0 fully saturated rings. The van der Waals surface area contributed by atoms with Crippen LogP contribution < -0.4 is 4.90 Å². The highest BCUT2D eigenvalue weighted by atomic mass is 79.9. The molecule has 0 bridgehead atoms. The van der Waals surface area contributed by atoms with E-state index < -0.39 is 0 Å². The van der Waals surface area contributed by atoms with Crippen molar-refractivity contribution in [1.82, 2.24) is 20.0 Å². The number of rotatable bonds is 2. The van der Waals surface area contributed by atoms with E-state index in [9.17, 15) is 4.79 Å². The molecule has 1 aliphatic rings. The number of H-pyrrole nitrogens is 1. The predicted octanol–water partition coefficient (Wildman–Crippen LogP) is 2.70. The summed E-state index contributed by atoms with van der Waals surface area (Å²) in [6, 6.07) is 11.4. The van der Waals surface area contributed by atoms with Crippen molar-refractivity contribution in [3.8, 4) is 11.3 Å². The van der Waals surface area contributed by atoms with Crippen LogP contribution in [0.1, 0.15) is 10.5 Å². The maximum Gasteiger partial charge on any atom is 0.277 e. The fourth-order valence-corrected chi connectivity index (χ4v) is 2.85. The fourth-order valence-electron chi connectivity index (χ4n) is 2.59. The van der Waals surface area contributed by atoms with E-state index in [1.807, 2.05) is 35.0 Å². The van der Waals surface area contributed by atoms with Crippen molar-refractivity contribution >= 4 is 27.7 Å². The van der Waals surface area contributed by atoms with Gasteiger partial charge in [-0.1, -0.05) is 28.1 Å². The molecular formula is C15H12BrN5O. The summed E-state index contributed by atoms with van der Waals surface area (Å²) < 4.78 is 2.83. The van der Waals surface area contributed by atoms with E-state index in [1.165, 1.54) is 0 Å². The number of nitrogens with zero attached hydrogens (tertiary/aromatic N) is 4. The fraction of sp³-hybridized carbons (Fsp3) is 0.133. The molecule has 0 radical (unpaired) electrons. The van der Waals surface area contributed by atoms with Gasteiger partial charge >= 0.3 is 0 Å². The van der Waals surface area contributed by atoms with E-state index in [1.54, 1.807) is 17.2 Å². The number of carbonyl (C=O) groups is 1. The van der Waals surface area contributed by atoms with Crippen LogP contribution in [0, 0.1) is 0 Å². The molecule has 1 amide bonds. The van der Waals surface area contributed by atoms with Gasteiger partial charge in [0.05, 0.1) is 18.4 Å². The highest BCUT2D eigenvalue weighted by Crippen LogP contribution is 2.24. The lowest BCUT2D eigenvalue weighted by Crippen LogP contribution is -2.29. The number of hydrogen-bond donors (Lipinski definition) is 1. The summed E-state index contributed by atoms with van der Waals surface area (Å²) in [6.45, 7) is 1.36. The summed E-state index contributed by atoms with van der Waals surface area (Å²) in [4.78, 5) is 14.3. The Morgan fingerprint density at radius 2 is 2.00 bits per heavy atom. The molecule has 0 atom stereocenters. The molecule has 1 N–H and O–H groups in total. The maximum absolute atomic E-state index is 12.6. The molecule has 0 aliphatic carbocycles. The number of anilines is 1. The molecule has 0 spiro atoms. The number of aromatic amines is 1. The number of hydrogen-bond acceptors (Lipinski definition) is 3. The Morgan fingerprint density at radius 3 is 2.82 bits per heavy atom. The summed E-state index contributed by atoms with van der Waals surface area (Å²) in [6.07, 6.45) is 1.70. The SMILES string of the molecule is O=C(c1cc(-c2ccc(Br)cc2)n[nH]1)N1CCn2nccc21. The van der Waals surface area contributed by atoms with Gasteiger partial charge in [0.25, 0.3) is 5.91 Å². The van der Waals surface area contributed by atoms with Gasteiger partial charge in [-0.15, -0.1) is 0 Å². The van der Waals surface area contributed by atoms with Crippen molar-refractivity contribution in [2.75, 3.05) is 11.4 Å². The monoisotopic (exact) mass is 357 g/mol. The molecule has 0 saturated carbocycles. The lowest BCUT2D eigenvalue weighted by Gasteiger charge is -2.12. The minimum absolute atomic E-state index is 0.0879. The largest absolute Gasteiger partial charge is 0.290 e. The van der Waals surface area contributed by atoms with Crippen molar-refractivity contribution in [3.05, 3.63) is 52.8 Å². The number of carbonyl (C=O) groups excluding carboxylic acids is 1. The van der Waals surface area contributed by atoms with Crippen molar-refractivity contribution in [1.29, 1.82) is 0 Å². The zero-order chi connectivity index (χ0) is 15.1. The Morgan fingerprint density at radius 1 is 1.18 bits per heavy atom. The number of nitrogens with one attached hydrogen (secondary N) is 1. The Hall–Kier alpha value is -2.41. The minimum Gasteiger partial charge on any atom is -0.290 e. The normalized spacial score (nSPS) is 13.4. The average Bonchev–Trinajstić information content (AvgIpc) is 3.23. The molecule has 7 heteroatoms. The van der Waals surface area contributed by atoms with Crippen molar-refractivity contribution in [2.45, 2.75) is 6.54 Å². The summed E-state index contributed by atoms with van der Waals surface area (Å²) >= 11 is 3.41. The summed E-state index contributed by atoms with van der Waals surface area (Å²) in [5, 5.41) is 11.3. The van der Waals surface area contributed by atoms with Crippen LogP contribution in [0.4, 0.5) is 5.82 Å². The highest BCUT2D eigenvalue weighted by molar-refractivity contribution is 9.10. The third-order valence-corrected chi connectivity index (χ3v) is 4.23. The molecular weight excluding hydrogens is 346 g/mol. The Bertz CT molecular complexity index is 836. The van der Waals surface area contributed by atoms with Crippen LogP contribution in [0.2, 0.25) is 0 Å². The Labute approximate surface area is 134 Å². The quantitative estimate of drug-likeness (QED) is 0.766. The van der Waals surface area contributed by atoms with Gasteiger partial charge in [-0.25, -0.2) is 4.68 Å². The molecule has 0 saturated heterocycles. The number of aromatic nitrogens is 4. The molecule has 1 aromatic carbocycles. The second kappa shape index (κ2) is 5.10. The van der Waals surface area contributed by atoms with Gasteiger partial charge in [-0.3, -0.25) is 14.8 Å². The van der Waals surface area contributed by atoms with E-state index in [0.29, 0.717) is 12.2 Å². The van der Waals surface area contributed by atoms with Crippen LogP contribution in [0.25, 0.3) is 11.3 Å². The second-order valence-corrected chi connectivity index (χ2v) is 5.96. The van der Waals surface area contributed by atoms with Gasteiger partial charge in [0.2, 0.25) is 0 Å². The van der Waals surface area contributed by atoms with Gasteiger partial charge in [0.1, 0.15) is 11.5 Å².